The highest BCUT2D eigenvalue weighted by Crippen LogP contribution is 2.30. The smallest absolute Gasteiger partial charge is 0.273 e. The first-order chi connectivity index (χ1) is 13.0. The van der Waals surface area contributed by atoms with Gasteiger partial charge in [-0.2, -0.15) is 10.4 Å². The third-order valence-electron chi connectivity index (χ3n) is 4.45. The minimum atomic E-state index is -0.323. The number of morpholine rings is 1. The molecule has 0 bridgehead atoms. The van der Waals surface area contributed by atoms with E-state index in [1.807, 2.05) is 13.0 Å². The van der Waals surface area contributed by atoms with Crippen molar-refractivity contribution in [2.45, 2.75) is 13.5 Å². The van der Waals surface area contributed by atoms with Crippen LogP contribution in [0.1, 0.15) is 26.6 Å². The van der Waals surface area contributed by atoms with Crippen molar-refractivity contribution in [3.63, 3.8) is 0 Å². The molecule has 1 saturated heterocycles. The predicted molar refractivity (Wildman–Crippen MR) is 101 cm³/mol. The van der Waals surface area contributed by atoms with E-state index < -0.39 is 0 Å². The minimum Gasteiger partial charge on any atom is -0.379 e. The zero-order chi connectivity index (χ0) is 19.0. The molecule has 0 aromatic carbocycles. The molecule has 0 unspecified atom stereocenters. The molecule has 0 radical (unpaired) electrons. The van der Waals surface area contributed by atoms with Crippen LogP contribution in [0.15, 0.2) is 6.20 Å². The molecule has 3 aromatic heterocycles. The SMILES string of the molecule is Cc1nc2[nH]c(C(=O)Nc3nn(C)cc3C#N)c(CN3CCOCC3)c2s1. The fraction of sp³-hybridized carbons (Fsp3) is 0.412. The fourth-order valence-corrected chi connectivity index (χ4v) is 4.10. The Morgan fingerprint density at radius 3 is 3.00 bits per heavy atom. The van der Waals surface area contributed by atoms with Crippen LogP contribution < -0.4 is 5.32 Å². The monoisotopic (exact) mass is 385 g/mol. The first-order valence-electron chi connectivity index (χ1n) is 8.58. The van der Waals surface area contributed by atoms with Crippen molar-refractivity contribution in [1.29, 1.82) is 5.26 Å². The van der Waals surface area contributed by atoms with Crippen molar-refractivity contribution in [3.05, 3.63) is 28.0 Å². The highest BCUT2D eigenvalue weighted by molar-refractivity contribution is 7.18. The van der Waals surface area contributed by atoms with E-state index in [4.69, 9.17) is 4.74 Å². The maximum absolute atomic E-state index is 12.9. The molecular formula is C17H19N7O2S. The number of aromatic nitrogens is 4. The number of amides is 1. The van der Waals surface area contributed by atoms with Gasteiger partial charge in [0, 0.05) is 38.4 Å². The van der Waals surface area contributed by atoms with Gasteiger partial charge in [0.15, 0.2) is 5.82 Å². The van der Waals surface area contributed by atoms with E-state index in [1.54, 1.807) is 24.6 Å². The Hall–Kier alpha value is -2.74. The van der Waals surface area contributed by atoms with E-state index in [0.717, 1.165) is 28.4 Å². The number of carbonyl (C=O) groups excluding carboxylic acids is 1. The number of carbonyl (C=O) groups is 1. The van der Waals surface area contributed by atoms with Gasteiger partial charge in [0.2, 0.25) is 0 Å². The topological polar surface area (TPSA) is 112 Å². The van der Waals surface area contributed by atoms with Crippen LogP contribution in [-0.4, -0.2) is 56.9 Å². The minimum absolute atomic E-state index is 0.254. The molecule has 4 rings (SSSR count). The van der Waals surface area contributed by atoms with E-state index in [2.05, 4.69) is 25.3 Å². The number of hydrogen-bond acceptors (Lipinski definition) is 7. The van der Waals surface area contributed by atoms with E-state index in [1.165, 1.54) is 4.68 Å². The van der Waals surface area contributed by atoms with Crippen molar-refractivity contribution in [1.82, 2.24) is 24.6 Å². The number of hydrogen-bond donors (Lipinski definition) is 2. The van der Waals surface area contributed by atoms with E-state index in [9.17, 15) is 10.1 Å². The number of ether oxygens (including phenoxy) is 1. The number of H-pyrrole nitrogens is 1. The average molecular weight is 385 g/mol. The average Bonchev–Trinajstić information content (AvgIpc) is 3.29. The van der Waals surface area contributed by atoms with Crippen LogP contribution in [0.5, 0.6) is 0 Å². The van der Waals surface area contributed by atoms with Crippen LogP contribution in [0.25, 0.3) is 10.3 Å². The Balaban J connectivity index is 1.67. The molecule has 140 valence electrons. The number of nitriles is 1. The normalized spacial score (nSPS) is 15.1. The van der Waals surface area contributed by atoms with Crippen molar-refractivity contribution in [3.8, 4) is 6.07 Å². The van der Waals surface area contributed by atoms with Crippen LogP contribution in [0, 0.1) is 18.3 Å². The highest BCUT2D eigenvalue weighted by atomic mass is 32.1. The first kappa shape index (κ1) is 17.7. The summed E-state index contributed by atoms with van der Waals surface area (Å²) in [4.78, 5) is 22.8. The summed E-state index contributed by atoms with van der Waals surface area (Å²) in [6.45, 7) is 5.62. The summed E-state index contributed by atoms with van der Waals surface area (Å²) in [6, 6.07) is 2.04. The highest BCUT2D eigenvalue weighted by Gasteiger charge is 2.24. The molecule has 1 aliphatic heterocycles. The molecule has 10 heteroatoms. The van der Waals surface area contributed by atoms with Crippen molar-refractivity contribution < 1.29 is 9.53 Å². The molecule has 0 aliphatic carbocycles. The fourth-order valence-electron chi connectivity index (χ4n) is 3.18. The van der Waals surface area contributed by atoms with Gasteiger partial charge >= 0.3 is 0 Å². The van der Waals surface area contributed by atoms with Crippen LogP contribution in [0.3, 0.4) is 0 Å². The maximum Gasteiger partial charge on any atom is 0.273 e. The number of fused-ring (bicyclic) bond motifs is 1. The number of nitrogens with one attached hydrogen (secondary N) is 2. The Morgan fingerprint density at radius 2 is 2.26 bits per heavy atom. The molecule has 3 aromatic rings. The summed E-state index contributed by atoms with van der Waals surface area (Å²) in [5, 5.41) is 17.1. The lowest BCUT2D eigenvalue weighted by atomic mass is 10.2. The van der Waals surface area contributed by atoms with Gasteiger partial charge in [-0.15, -0.1) is 11.3 Å². The largest absolute Gasteiger partial charge is 0.379 e. The molecule has 0 spiro atoms. The second-order valence-corrected chi connectivity index (χ2v) is 7.61. The van der Waals surface area contributed by atoms with Crippen LogP contribution in [0.4, 0.5) is 5.82 Å². The summed E-state index contributed by atoms with van der Waals surface area (Å²) in [6.07, 6.45) is 1.57. The number of aromatic amines is 1. The number of nitrogens with zero attached hydrogens (tertiary/aromatic N) is 5. The second-order valence-electron chi connectivity index (χ2n) is 6.41. The van der Waals surface area contributed by atoms with Gasteiger partial charge in [-0.1, -0.05) is 0 Å². The molecule has 0 atom stereocenters. The van der Waals surface area contributed by atoms with E-state index in [-0.39, 0.29) is 11.7 Å². The van der Waals surface area contributed by atoms with Gasteiger partial charge in [0.05, 0.1) is 22.9 Å². The molecule has 4 heterocycles. The van der Waals surface area contributed by atoms with Crippen LogP contribution in [0.2, 0.25) is 0 Å². The summed E-state index contributed by atoms with van der Waals surface area (Å²) in [5.74, 6) is -0.0688. The summed E-state index contributed by atoms with van der Waals surface area (Å²) < 4.78 is 7.91. The van der Waals surface area contributed by atoms with Crippen molar-refractivity contribution in [2.24, 2.45) is 7.05 Å². The lowest BCUT2D eigenvalue weighted by Crippen LogP contribution is -2.36. The Morgan fingerprint density at radius 1 is 1.48 bits per heavy atom. The van der Waals surface area contributed by atoms with Gasteiger partial charge < -0.3 is 15.0 Å². The molecule has 1 aliphatic rings. The third-order valence-corrected chi connectivity index (χ3v) is 5.48. The zero-order valence-electron chi connectivity index (χ0n) is 15.1. The maximum atomic E-state index is 12.9. The number of aryl methyl sites for hydroxylation is 2. The van der Waals surface area contributed by atoms with Crippen molar-refractivity contribution in [2.75, 3.05) is 31.6 Å². The lowest BCUT2D eigenvalue weighted by molar-refractivity contribution is 0.0343. The predicted octanol–water partition coefficient (Wildman–Crippen LogP) is 1.62. The molecule has 2 N–H and O–H groups in total. The molecule has 9 nitrogen and oxygen atoms in total. The van der Waals surface area contributed by atoms with Gasteiger partial charge in [0.25, 0.3) is 5.91 Å². The molecular weight excluding hydrogens is 366 g/mol. The molecule has 1 amide bonds. The standard InChI is InChI=1S/C17H19N7O2S/c1-10-19-16-14(27-10)12(9-24-3-5-26-6-4-24)13(20-16)17(25)21-15-11(7-18)8-23(2)22-15/h8,20H,3-6,9H2,1-2H3,(H,21,22,25). The van der Waals surface area contributed by atoms with Gasteiger partial charge in [-0.25, -0.2) is 4.98 Å². The molecule has 0 saturated carbocycles. The quantitative estimate of drug-likeness (QED) is 0.706. The van der Waals surface area contributed by atoms with Gasteiger partial charge in [-0.3, -0.25) is 14.4 Å². The third kappa shape index (κ3) is 3.44. The lowest BCUT2D eigenvalue weighted by Gasteiger charge is -2.26. The van der Waals surface area contributed by atoms with E-state index in [0.29, 0.717) is 36.7 Å². The number of anilines is 1. The van der Waals surface area contributed by atoms with Gasteiger partial charge in [0.1, 0.15) is 23.0 Å². The second kappa shape index (κ2) is 7.11. The Bertz CT molecular complexity index is 1040. The summed E-state index contributed by atoms with van der Waals surface area (Å²) >= 11 is 1.57. The Labute approximate surface area is 159 Å². The molecule has 27 heavy (non-hydrogen) atoms. The van der Waals surface area contributed by atoms with Crippen LogP contribution >= 0.6 is 11.3 Å². The summed E-state index contributed by atoms with van der Waals surface area (Å²) in [5.41, 5.74) is 2.42. The Kier molecular flexibility index (Phi) is 4.65. The van der Waals surface area contributed by atoms with Crippen molar-refractivity contribution >= 4 is 33.4 Å². The van der Waals surface area contributed by atoms with Gasteiger partial charge in [-0.05, 0) is 6.92 Å². The first-order valence-corrected chi connectivity index (χ1v) is 9.40. The number of rotatable bonds is 4. The summed E-state index contributed by atoms with van der Waals surface area (Å²) in [7, 11) is 1.71. The van der Waals surface area contributed by atoms with E-state index >= 15 is 0 Å². The molecule has 1 fully saturated rings. The zero-order valence-corrected chi connectivity index (χ0v) is 15.9. The van der Waals surface area contributed by atoms with Crippen LogP contribution in [-0.2, 0) is 18.3 Å². The number of thiazole rings is 1.